The Morgan fingerprint density at radius 1 is 1.38 bits per heavy atom. The first-order valence-electron chi connectivity index (χ1n) is 4.79. The highest BCUT2D eigenvalue weighted by atomic mass is 35.5. The minimum Gasteiger partial charge on any atom is -0.489 e. The van der Waals surface area contributed by atoms with Crippen molar-refractivity contribution in [3.8, 4) is 5.75 Å². The Hall–Kier alpha value is -1.29. The summed E-state index contributed by atoms with van der Waals surface area (Å²) in [5.74, 6) is 0.111. The predicted molar refractivity (Wildman–Crippen MR) is 63.4 cm³/mol. The van der Waals surface area contributed by atoms with Gasteiger partial charge in [0.1, 0.15) is 0 Å². The molecule has 1 rings (SSSR count). The van der Waals surface area contributed by atoms with Crippen molar-refractivity contribution in [1.82, 2.24) is 0 Å². The fourth-order valence-electron chi connectivity index (χ4n) is 1.35. The Kier molecular flexibility index (Phi) is 3.43. The Bertz CT molecular complexity index is 424. The van der Waals surface area contributed by atoms with Crippen molar-refractivity contribution in [2.45, 2.75) is 26.2 Å². The van der Waals surface area contributed by atoms with Crippen LogP contribution in [0.5, 0.6) is 5.75 Å². The topological polar surface area (TPSA) is 52.4 Å². The molecule has 0 saturated carbocycles. The van der Waals surface area contributed by atoms with Gasteiger partial charge in [-0.1, -0.05) is 32.4 Å². The third-order valence-electron chi connectivity index (χ3n) is 2.29. The minimum atomic E-state index is -0.486. The Balaban J connectivity index is 3.46. The van der Waals surface area contributed by atoms with Gasteiger partial charge in [-0.2, -0.15) is 0 Å². The first kappa shape index (κ1) is 12.8. The van der Waals surface area contributed by atoms with Gasteiger partial charge in [0.15, 0.2) is 0 Å². The van der Waals surface area contributed by atoms with Gasteiger partial charge in [0, 0.05) is 6.07 Å². The number of halogens is 1. The maximum atomic E-state index is 10.9. The van der Waals surface area contributed by atoms with Crippen molar-refractivity contribution in [3.05, 3.63) is 32.8 Å². The van der Waals surface area contributed by atoms with Crippen LogP contribution in [0.15, 0.2) is 12.1 Å². The lowest BCUT2D eigenvalue weighted by Crippen LogP contribution is -2.11. The zero-order valence-electron chi connectivity index (χ0n) is 9.70. The number of nitro groups is 1. The summed E-state index contributed by atoms with van der Waals surface area (Å²) in [4.78, 5) is 10.4. The van der Waals surface area contributed by atoms with Crippen LogP contribution in [0, 0.1) is 10.1 Å². The summed E-state index contributed by atoms with van der Waals surface area (Å²) in [6.07, 6.45) is 0. The molecule has 5 heteroatoms. The number of hydrogen-bond acceptors (Lipinski definition) is 3. The van der Waals surface area contributed by atoms with Crippen LogP contribution in [0.4, 0.5) is 5.69 Å². The van der Waals surface area contributed by atoms with Gasteiger partial charge in [-0.3, -0.25) is 10.1 Å². The molecule has 1 aromatic carbocycles. The van der Waals surface area contributed by atoms with Gasteiger partial charge in [-0.25, -0.2) is 0 Å². The largest absolute Gasteiger partial charge is 0.489 e. The smallest absolute Gasteiger partial charge is 0.312 e. The SMILES string of the molecule is COc1c(Cl)cc(C(C)(C)C)cc1[N+](=O)[O-]. The van der Waals surface area contributed by atoms with Crippen molar-refractivity contribution in [3.63, 3.8) is 0 Å². The normalized spacial score (nSPS) is 11.3. The summed E-state index contributed by atoms with van der Waals surface area (Å²) in [7, 11) is 1.37. The highest BCUT2D eigenvalue weighted by Gasteiger charge is 2.24. The number of methoxy groups -OCH3 is 1. The van der Waals surface area contributed by atoms with E-state index in [0.29, 0.717) is 0 Å². The quantitative estimate of drug-likeness (QED) is 0.590. The third-order valence-corrected chi connectivity index (χ3v) is 2.57. The molecule has 16 heavy (non-hydrogen) atoms. The fourth-order valence-corrected chi connectivity index (χ4v) is 1.64. The molecule has 0 unspecified atom stereocenters. The van der Waals surface area contributed by atoms with Crippen LogP contribution in [-0.2, 0) is 5.41 Å². The summed E-state index contributed by atoms with van der Waals surface area (Å²) >= 11 is 5.96. The molecule has 0 aliphatic carbocycles. The Labute approximate surface area is 99.3 Å². The van der Waals surface area contributed by atoms with E-state index >= 15 is 0 Å². The fraction of sp³-hybridized carbons (Fsp3) is 0.455. The molecule has 0 fully saturated rings. The molecular weight excluding hydrogens is 230 g/mol. The average Bonchev–Trinajstić information content (AvgIpc) is 2.14. The van der Waals surface area contributed by atoms with Crippen LogP contribution in [0.3, 0.4) is 0 Å². The number of nitro benzene ring substituents is 1. The van der Waals surface area contributed by atoms with Gasteiger partial charge < -0.3 is 4.74 Å². The van der Waals surface area contributed by atoms with Gasteiger partial charge in [0.05, 0.1) is 17.1 Å². The van der Waals surface area contributed by atoms with Crippen molar-refractivity contribution >= 4 is 17.3 Å². The van der Waals surface area contributed by atoms with Crippen LogP contribution >= 0.6 is 11.6 Å². The summed E-state index contributed by atoms with van der Waals surface area (Å²) in [5, 5.41) is 11.1. The second kappa shape index (κ2) is 4.29. The third kappa shape index (κ3) is 2.44. The van der Waals surface area contributed by atoms with Crippen molar-refractivity contribution in [1.29, 1.82) is 0 Å². The van der Waals surface area contributed by atoms with Gasteiger partial charge in [-0.05, 0) is 17.0 Å². The highest BCUT2D eigenvalue weighted by molar-refractivity contribution is 6.32. The van der Waals surface area contributed by atoms with Crippen LogP contribution < -0.4 is 4.74 Å². The molecule has 0 atom stereocenters. The first-order valence-corrected chi connectivity index (χ1v) is 5.17. The van der Waals surface area contributed by atoms with Crippen LogP contribution in [-0.4, -0.2) is 12.0 Å². The summed E-state index contributed by atoms with van der Waals surface area (Å²) in [6.45, 7) is 5.90. The van der Waals surface area contributed by atoms with Crippen molar-refractivity contribution in [2.75, 3.05) is 7.11 Å². The molecule has 88 valence electrons. The van der Waals surface area contributed by atoms with E-state index in [2.05, 4.69) is 0 Å². The van der Waals surface area contributed by atoms with Crippen molar-refractivity contribution < 1.29 is 9.66 Å². The van der Waals surface area contributed by atoms with Crippen LogP contribution in [0.25, 0.3) is 0 Å². The Morgan fingerprint density at radius 3 is 2.31 bits per heavy atom. The molecule has 1 aromatic rings. The lowest BCUT2D eigenvalue weighted by atomic mass is 9.87. The minimum absolute atomic E-state index is 0.0973. The predicted octanol–water partition coefficient (Wildman–Crippen LogP) is 3.55. The lowest BCUT2D eigenvalue weighted by Gasteiger charge is -2.19. The maximum absolute atomic E-state index is 10.9. The second-order valence-corrected chi connectivity index (χ2v) is 4.92. The molecule has 0 aliphatic heterocycles. The van der Waals surface area contributed by atoms with Gasteiger partial charge in [0.25, 0.3) is 0 Å². The van der Waals surface area contributed by atoms with E-state index in [1.807, 2.05) is 20.8 Å². The summed E-state index contributed by atoms with van der Waals surface area (Å²) in [6, 6.07) is 3.21. The van der Waals surface area contributed by atoms with Crippen LogP contribution in [0.2, 0.25) is 5.02 Å². The molecule has 0 amide bonds. The molecule has 0 N–H and O–H groups in total. The molecule has 0 spiro atoms. The monoisotopic (exact) mass is 243 g/mol. The first-order chi connectivity index (χ1) is 7.27. The van der Waals surface area contributed by atoms with E-state index in [-0.39, 0.29) is 21.9 Å². The van der Waals surface area contributed by atoms with Gasteiger partial charge >= 0.3 is 5.69 Å². The van der Waals surface area contributed by atoms with E-state index in [9.17, 15) is 10.1 Å². The van der Waals surface area contributed by atoms with E-state index in [4.69, 9.17) is 16.3 Å². The maximum Gasteiger partial charge on any atom is 0.312 e. The number of rotatable bonds is 2. The highest BCUT2D eigenvalue weighted by Crippen LogP contribution is 2.38. The van der Waals surface area contributed by atoms with E-state index in [1.165, 1.54) is 13.2 Å². The number of hydrogen-bond donors (Lipinski definition) is 0. The molecule has 0 bridgehead atoms. The lowest BCUT2D eigenvalue weighted by molar-refractivity contribution is -0.385. The zero-order valence-corrected chi connectivity index (χ0v) is 10.5. The number of ether oxygens (including phenoxy) is 1. The van der Waals surface area contributed by atoms with E-state index in [0.717, 1.165) is 5.56 Å². The standard InChI is InChI=1S/C11H14ClNO3/c1-11(2,3)7-5-8(12)10(16-4)9(6-7)13(14)15/h5-6H,1-4H3. The number of nitrogens with zero attached hydrogens (tertiary/aromatic N) is 1. The molecule has 4 nitrogen and oxygen atoms in total. The van der Waals surface area contributed by atoms with E-state index < -0.39 is 4.92 Å². The summed E-state index contributed by atoms with van der Waals surface area (Å²) in [5.41, 5.74) is 0.519. The Morgan fingerprint density at radius 2 is 1.94 bits per heavy atom. The molecule has 0 aliphatic rings. The van der Waals surface area contributed by atoms with Gasteiger partial charge in [-0.15, -0.1) is 0 Å². The molecule has 0 aromatic heterocycles. The zero-order chi connectivity index (χ0) is 12.5. The summed E-state index contributed by atoms with van der Waals surface area (Å²) < 4.78 is 4.93. The van der Waals surface area contributed by atoms with E-state index in [1.54, 1.807) is 6.07 Å². The molecule has 0 heterocycles. The average molecular weight is 244 g/mol. The van der Waals surface area contributed by atoms with Crippen LogP contribution in [0.1, 0.15) is 26.3 Å². The molecule has 0 radical (unpaired) electrons. The number of benzene rings is 1. The molecule has 0 saturated heterocycles. The second-order valence-electron chi connectivity index (χ2n) is 4.52. The molecular formula is C11H14ClNO3. The van der Waals surface area contributed by atoms with Gasteiger partial charge in [0.2, 0.25) is 5.75 Å². The van der Waals surface area contributed by atoms with Crippen molar-refractivity contribution in [2.24, 2.45) is 0 Å².